The van der Waals surface area contributed by atoms with E-state index in [-0.39, 0.29) is 5.41 Å². The van der Waals surface area contributed by atoms with E-state index in [1.54, 1.807) is 11.0 Å². The predicted molar refractivity (Wildman–Crippen MR) is 87.5 cm³/mol. The summed E-state index contributed by atoms with van der Waals surface area (Å²) in [4.78, 5) is 0. The molecule has 1 aromatic heterocycles. The molecule has 1 aliphatic heterocycles. The lowest BCUT2D eigenvalue weighted by Gasteiger charge is -2.15. The van der Waals surface area contributed by atoms with Crippen LogP contribution in [0.2, 0.25) is 0 Å². The molecule has 0 aliphatic carbocycles. The average Bonchev–Trinajstić information content (AvgIpc) is 3.17. The zero-order valence-corrected chi connectivity index (χ0v) is 15.0. The molecule has 0 fully saturated rings. The highest BCUT2D eigenvalue weighted by Gasteiger charge is 2.20. The molecule has 0 radical (unpaired) electrons. The number of tetrazole rings is 1. The Labute approximate surface area is 128 Å². The largest absolute Gasteiger partial charge is 0.230 e. The van der Waals surface area contributed by atoms with E-state index in [2.05, 4.69) is 51.7 Å². The first-order valence-electron chi connectivity index (χ1n) is 7.57. The highest BCUT2D eigenvalue weighted by Crippen LogP contribution is 2.18. The summed E-state index contributed by atoms with van der Waals surface area (Å²) in [6, 6.07) is 0.366. The van der Waals surface area contributed by atoms with Crippen LogP contribution in [0.15, 0.2) is 21.8 Å². The lowest BCUT2D eigenvalue weighted by molar-refractivity contribution is 0.514. The van der Waals surface area contributed by atoms with Gasteiger partial charge < -0.3 is 0 Å². The molecule has 0 saturated heterocycles. The van der Waals surface area contributed by atoms with Crippen molar-refractivity contribution >= 4 is 5.71 Å². The molecule has 0 saturated carbocycles. The topological polar surface area (TPSA) is 80.7 Å². The summed E-state index contributed by atoms with van der Waals surface area (Å²) in [6.45, 7) is 19.1. The highest BCUT2D eigenvalue weighted by atomic mass is 15.5. The minimum absolute atomic E-state index is 0.142. The molecule has 122 valence electrons. The number of nitrogens with zero attached hydrogens (tertiary/aromatic N) is 7. The zero-order chi connectivity index (χ0) is 16.9. The molecule has 0 bridgehead atoms. The van der Waals surface area contributed by atoms with Gasteiger partial charge in [0.05, 0.1) is 5.71 Å². The smallest absolute Gasteiger partial charge is 0.138 e. The summed E-state index contributed by atoms with van der Waals surface area (Å²) in [6.07, 6.45) is 1.60. The molecule has 0 aromatic carbocycles. The van der Waals surface area contributed by atoms with E-state index in [0.717, 1.165) is 5.71 Å². The van der Waals surface area contributed by atoms with Gasteiger partial charge in [0, 0.05) is 11.5 Å². The molecule has 0 N–H and O–H groups in total. The molecule has 1 aromatic rings. The Bertz CT molecular complexity index is 386. The maximum absolute atomic E-state index is 3.88. The van der Waals surface area contributed by atoms with Gasteiger partial charge in [-0.25, -0.2) is 4.68 Å². The summed E-state index contributed by atoms with van der Waals surface area (Å²) in [5, 5.41) is 21.8. The molecule has 7 heteroatoms. The first-order valence-corrected chi connectivity index (χ1v) is 7.57. The van der Waals surface area contributed by atoms with Crippen molar-refractivity contribution in [3.8, 4) is 0 Å². The van der Waals surface area contributed by atoms with Crippen LogP contribution in [0.25, 0.3) is 0 Å². The lowest BCUT2D eigenvalue weighted by Crippen LogP contribution is -2.20. The number of aromatic nitrogens is 4. The van der Waals surface area contributed by atoms with Gasteiger partial charge in [-0.2, -0.15) is 5.11 Å². The van der Waals surface area contributed by atoms with Crippen molar-refractivity contribution in [1.82, 2.24) is 20.2 Å². The van der Waals surface area contributed by atoms with E-state index in [4.69, 9.17) is 0 Å². The Balaban J connectivity index is 0. The van der Waals surface area contributed by atoms with E-state index in [1.807, 2.05) is 41.5 Å². The van der Waals surface area contributed by atoms with Crippen molar-refractivity contribution in [2.45, 2.75) is 68.4 Å². The third-order valence-corrected chi connectivity index (χ3v) is 2.21. The summed E-state index contributed by atoms with van der Waals surface area (Å²) >= 11 is 0. The molecule has 0 spiro atoms. The van der Waals surface area contributed by atoms with E-state index in [9.17, 15) is 0 Å². The van der Waals surface area contributed by atoms with Gasteiger partial charge in [-0.05, 0) is 29.5 Å². The van der Waals surface area contributed by atoms with Crippen LogP contribution in [0.1, 0.15) is 68.4 Å². The Morgan fingerprint density at radius 2 is 1.67 bits per heavy atom. The predicted octanol–water partition coefficient (Wildman–Crippen LogP) is 4.16. The maximum atomic E-state index is 3.88. The first kappa shape index (κ1) is 21.6. The zero-order valence-electron chi connectivity index (χ0n) is 15.0. The van der Waals surface area contributed by atoms with Gasteiger partial charge in [0.2, 0.25) is 0 Å². The summed E-state index contributed by atoms with van der Waals surface area (Å²) < 4.78 is 1.69. The third-order valence-electron chi connectivity index (χ3n) is 2.21. The standard InChI is InChI=1S/C6H11N3.C4H8N4.2C2H6/c1-6(2,3)5-4-7-9-8-5;1-4(2)8-3-5-6-7-8;2*1-2/h4H2,1-3H3;3-4H,1-2H3;2*1-2H3. The second kappa shape index (κ2) is 12.1. The van der Waals surface area contributed by atoms with Crippen LogP contribution in [0, 0.1) is 5.41 Å². The molecule has 2 heterocycles. The molecule has 21 heavy (non-hydrogen) atoms. The van der Waals surface area contributed by atoms with Crippen LogP contribution in [-0.2, 0) is 0 Å². The van der Waals surface area contributed by atoms with Crippen LogP contribution in [0.3, 0.4) is 0 Å². The molecule has 1 aliphatic rings. The quantitative estimate of drug-likeness (QED) is 0.780. The molecular formula is C14H31N7. The maximum Gasteiger partial charge on any atom is 0.138 e. The van der Waals surface area contributed by atoms with Crippen molar-refractivity contribution in [2.75, 3.05) is 6.54 Å². The SMILES string of the molecule is CC.CC.CC(C)(C)C1=NN=NC1.CC(C)n1cnnn1. The second-order valence-corrected chi connectivity index (χ2v) is 5.07. The fourth-order valence-electron chi connectivity index (χ4n) is 1.01. The summed E-state index contributed by atoms with van der Waals surface area (Å²) in [7, 11) is 0. The van der Waals surface area contributed by atoms with Gasteiger partial charge in [0.25, 0.3) is 0 Å². The van der Waals surface area contributed by atoms with Crippen LogP contribution in [0.4, 0.5) is 0 Å². The van der Waals surface area contributed by atoms with Gasteiger partial charge in [-0.15, -0.1) is 10.2 Å². The normalized spacial score (nSPS) is 12.4. The number of rotatable bonds is 1. The fourth-order valence-corrected chi connectivity index (χ4v) is 1.01. The average molecular weight is 297 g/mol. The van der Waals surface area contributed by atoms with E-state index >= 15 is 0 Å². The number of hydrogen-bond donors (Lipinski definition) is 0. The Hall–Kier alpha value is -1.66. The van der Waals surface area contributed by atoms with E-state index < -0.39 is 0 Å². The summed E-state index contributed by atoms with van der Waals surface area (Å²) in [5.41, 5.74) is 1.21. The van der Waals surface area contributed by atoms with Gasteiger partial charge in [-0.3, -0.25) is 0 Å². The van der Waals surface area contributed by atoms with Crippen molar-refractivity contribution in [3.05, 3.63) is 6.33 Å². The first-order chi connectivity index (χ1) is 9.91. The third kappa shape index (κ3) is 9.81. The van der Waals surface area contributed by atoms with Crippen molar-refractivity contribution in [2.24, 2.45) is 20.9 Å². The lowest BCUT2D eigenvalue weighted by atomic mass is 9.90. The summed E-state index contributed by atoms with van der Waals surface area (Å²) in [5.74, 6) is 0. The number of hydrogen-bond acceptors (Lipinski definition) is 6. The van der Waals surface area contributed by atoms with Crippen LogP contribution >= 0.6 is 0 Å². The van der Waals surface area contributed by atoms with Gasteiger partial charge in [-0.1, -0.05) is 48.5 Å². The minimum atomic E-state index is 0.142. The monoisotopic (exact) mass is 297 g/mol. The van der Waals surface area contributed by atoms with Crippen molar-refractivity contribution in [1.29, 1.82) is 0 Å². The highest BCUT2D eigenvalue weighted by molar-refractivity contribution is 5.91. The van der Waals surface area contributed by atoms with Crippen LogP contribution in [-0.4, -0.2) is 32.5 Å². The Morgan fingerprint density at radius 1 is 1.10 bits per heavy atom. The van der Waals surface area contributed by atoms with E-state index in [0.29, 0.717) is 12.6 Å². The molecule has 0 unspecified atom stereocenters. The van der Waals surface area contributed by atoms with Gasteiger partial charge in [0.15, 0.2) is 0 Å². The van der Waals surface area contributed by atoms with E-state index in [1.165, 1.54) is 0 Å². The molecular weight excluding hydrogens is 266 g/mol. The minimum Gasteiger partial charge on any atom is -0.230 e. The molecule has 0 amide bonds. The molecule has 0 atom stereocenters. The van der Waals surface area contributed by atoms with Crippen molar-refractivity contribution < 1.29 is 0 Å². The Morgan fingerprint density at radius 3 is 1.86 bits per heavy atom. The van der Waals surface area contributed by atoms with Gasteiger partial charge in [0.1, 0.15) is 12.9 Å². The van der Waals surface area contributed by atoms with Gasteiger partial charge >= 0.3 is 0 Å². The fraction of sp³-hybridized carbons (Fsp3) is 0.857. The molecule has 7 nitrogen and oxygen atoms in total. The van der Waals surface area contributed by atoms with Crippen LogP contribution in [0.5, 0.6) is 0 Å². The second-order valence-electron chi connectivity index (χ2n) is 5.07. The Kier molecular flexibility index (Phi) is 12.5. The van der Waals surface area contributed by atoms with Crippen molar-refractivity contribution in [3.63, 3.8) is 0 Å². The van der Waals surface area contributed by atoms with Crippen LogP contribution < -0.4 is 0 Å². The molecule has 2 rings (SSSR count).